The number of para-hydroxylation sites is 1. The Morgan fingerprint density at radius 1 is 1.38 bits per heavy atom. The van der Waals surface area contributed by atoms with E-state index in [1.54, 1.807) is 6.07 Å². The van der Waals surface area contributed by atoms with E-state index >= 15 is 0 Å². The average molecular weight is 331 g/mol. The summed E-state index contributed by atoms with van der Waals surface area (Å²) in [7, 11) is 1.94. The maximum atomic E-state index is 12.4. The maximum Gasteiger partial charge on any atom is 0.277 e. The van der Waals surface area contributed by atoms with Crippen LogP contribution in [-0.2, 0) is 9.53 Å². The van der Waals surface area contributed by atoms with Gasteiger partial charge in [0, 0.05) is 13.1 Å². The molecular formula is C17H23N4O3+. The van der Waals surface area contributed by atoms with Crippen molar-refractivity contribution >= 4 is 16.8 Å². The van der Waals surface area contributed by atoms with Gasteiger partial charge in [-0.2, -0.15) is 0 Å². The van der Waals surface area contributed by atoms with Crippen LogP contribution in [0.15, 0.2) is 29.1 Å². The van der Waals surface area contributed by atoms with E-state index < -0.39 is 0 Å². The molecule has 1 aromatic carbocycles. The second-order valence-electron chi connectivity index (χ2n) is 6.21. The summed E-state index contributed by atoms with van der Waals surface area (Å²) in [5, 5.41) is 0.579. The van der Waals surface area contributed by atoms with Crippen LogP contribution in [0.3, 0.4) is 0 Å². The van der Waals surface area contributed by atoms with Crippen molar-refractivity contribution in [2.24, 2.45) is 0 Å². The Balaban J connectivity index is 1.74. The molecule has 1 amide bonds. The number of carbonyl (C=O) groups excluding carboxylic acids is 1. The lowest BCUT2D eigenvalue weighted by atomic mass is 10.2. The van der Waals surface area contributed by atoms with Gasteiger partial charge in [-0.25, -0.2) is 4.98 Å². The van der Waals surface area contributed by atoms with Gasteiger partial charge >= 0.3 is 0 Å². The van der Waals surface area contributed by atoms with Crippen molar-refractivity contribution in [3.05, 3.63) is 40.4 Å². The number of morpholine rings is 1. The number of ether oxygens (including phenoxy) is 1. The fourth-order valence-corrected chi connectivity index (χ4v) is 2.86. The summed E-state index contributed by atoms with van der Waals surface area (Å²) in [6.45, 7) is 4.81. The van der Waals surface area contributed by atoms with E-state index in [-0.39, 0.29) is 17.5 Å². The second kappa shape index (κ2) is 7.11. The molecule has 2 N–H and O–H groups in total. The van der Waals surface area contributed by atoms with Gasteiger partial charge in [0.05, 0.1) is 31.2 Å². The number of amides is 1. The van der Waals surface area contributed by atoms with Crippen LogP contribution in [0.4, 0.5) is 0 Å². The first kappa shape index (κ1) is 16.6. The van der Waals surface area contributed by atoms with Crippen LogP contribution < -0.4 is 10.5 Å². The summed E-state index contributed by atoms with van der Waals surface area (Å²) in [5.41, 5.74) is 0.533. The number of nitrogens with zero attached hydrogens (tertiary/aromatic N) is 2. The SMILES string of the molecule is C[C@@H](c1nc2ccccc2c(=O)[nH]1)[NH+](C)CC(=O)N1CCOCC1. The summed E-state index contributed by atoms with van der Waals surface area (Å²) in [6.07, 6.45) is 0. The number of likely N-dealkylation sites (N-methyl/N-ethyl adjacent to an activating group) is 1. The third-order valence-electron chi connectivity index (χ3n) is 4.57. The number of carbonyl (C=O) groups is 1. The molecule has 0 bridgehead atoms. The zero-order valence-corrected chi connectivity index (χ0v) is 14.0. The number of benzene rings is 1. The number of rotatable bonds is 4. The average Bonchev–Trinajstić information content (AvgIpc) is 2.61. The first-order valence-corrected chi connectivity index (χ1v) is 8.23. The molecule has 2 aromatic rings. The molecule has 3 rings (SSSR count). The molecule has 1 unspecified atom stereocenters. The lowest BCUT2D eigenvalue weighted by Gasteiger charge is -2.28. The summed E-state index contributed by atoms with van der Waals surface area (Å²) < 4.78 is 5.28. The predicted octanol–water partition coefficient (Wildman–Crippen LogP) is -0.642. The standard InChI is InChI=1S/C17H22N4O3/c1-12(20(2)11-15(22)21-7-9-24-10-8-21)16-18-14-6-4-3-5-13(14)17(23)19-16/h3-6,12H,7-11H2,1-2H3,(H,18,19,23)/p+1/t12-/m0/s1. The highest BCUT2D eigenvalue weighted by atomic mass is 16.5. The minimum Gasteiger partial charge on any atom is -0.378 e. The van der Waals surface area contributed by atoms with E-state index in [2.05, 4.69) is 9.97 Å². The Kier molecular flexibility index (Phi) is 4.92. The van der Waals surface area contributed by atoms with Crippen LogP contribution in [-0.4, -0.2) is 60.7 Å². The highest BCUT2D eigenvalue weighted by Gasteiger charge is 2.25. The van der Waals surface area contributed by atoms with Crippen LogP contribution in [0.5, 0.6) is 0 Å². The third kappa shape index (κ3) is 3.47. The van der Waals surface area contributed by atoms with Crippen molar-refractivity contribution in [2.75, 3.05) is 39.9 Å². The maximum absolute atomic E-state index is 12.4. The van der Waals surface area contributed by atoms with Crippen molar-refractivity contribution in [1.82, 2.24) is 14.9 Å². The fourth-order valence-electron chi connectivity index (χ4n) is 2.86. The van der Waals surface area contributed by atoms with Gasteiger partial charge in [-0.3, -0.25) is 9.59 Å². The number of hydrogen-bond acceptors (Lipinski definition) is 4. The van der Waals surface area contributed by atoms with Gasteiger partial charge < -0.3 is 19.5 Å². The van der Waals surface area contributed by atoms with Gasteiger partial charge in [-0.1, -0.05) is 12.1 Å². The van der Waals surface area contributed by atoms with Gasteiger partial charge in [0.2, 0.25) is 0 Å². The Hall–Kier alpha value is -2.25. The van der Waals surface area contributed by atoms with Gasteiger partial charge in [0.25, 0.3) is 11.5 Å². The van der Waals surface area contributed by atoms with Crippen molar-refractivity contribution in [3.8, 4) is 0 Å². The molecule has 24 heavy (non-hydrogen) atoms. The summed E-state index contributed by atoms with van der Waals surface area (Å²) in [5.74, 6) is 0.705. The number of quaternary nitrogens is 1. The Labute approximate surface area is 140 Å². The Bertz CT molecular complexity index is 783. The van der Waals surface area contributed by atoms with E-state index in [1.165, 1.54) is 0 Å². The number of hydrogen-bond donors (Lipinski definition) is 2. The van der Waals surface area contributed by atoms with E-state index in [1.807, 2.05) is 37.1 Å². The number of nitrogens with one attached hydrogen (secondary N) is 2. The molecule has 1 saturated heterocycles. The molecule has 7 nitrogen and oxygen atoms in total. The van der Waals surface area contributed by atoms with Gasteiger partial charge in [0.15, 0.2) is 12.4 Å². The minimum atomic E-state index is -0.144. The predicted molar refractivity (Wildman–Crippen MR) is 89.9 cm³/mol. The van der Waals surface area contributed by atoms with Crippen molar-refractivity contribution in [3.63, 3.8) is 0 Å². The molecule has 2 atom stereocenters. The molecule has 128 valence electrons. The van der Waals surface area contributed by atoms with Crippen LogP contribution in [0.25, 0.3) is 10.9 Å². The number of aromatic nitrogens is 2. The van der Waals surface area contributed by atoms with Gasteiger partial charge in [0.1, 0.15) is 6.04 Å². The molecule has 0 aliphatic carbocycles. The van der Waals surface area contributed by atoms with Crippen LogP contribution >= 0.6 is 0 Å². The first-order valence-electron chi connectivity index (χ1n) is 8.23. The van der Waals surface area contributed by atoms with Crippen molar-refractivity contribution in [1.29, 1.82) is 0 Å². The molecule has 0 spiro atoms. The largest absolute Gasteiger partial charge is 0.378 e. The molecule has 7 heteroatoms. The summed E-state index contributed by atoms with van der Waals surface area (Å²) in [4.78, 5) is 34.8. The Morgan fingerprint density at radius 2 is 2.08 bits per heavy atom. The van der Waals surface area contributed by atoms with Gasteiger partial charge in [-0.15, -0.1) is 0 Å². The van der Waals surface area contributed by atoms with E-state index in [0.29, 0.717) is 49.6 Å². The van der Waals surface area contributed by atoms with Crippen LogP contribution in [0, 0.1) is 0 Å². The molecule has 1 aliphatic heterocycles. The molecule has 1 aromatic heterocycles. The second-order valence-corrected chi connectivity index (χ2v) is 6.21. The topological polar surface area (TPSA) is 79.7 Å². The van der Waals surface area contributed by atoms with E-state index in [4.69, 9.17) is 4.74 Å². The van der Waals surface area contributed by atoms with E-state index in [9.17, 15) is 9.59 Å². The monoisotopic (exact) mass is 331 g/mol. The van der Waals surface area contributed by atoms with Crippen LogP contribution in [0.1, 0.15) is 18.8 Å². The summed E-state index contributed by atoms with van der Waals surface area (Å²) in [6, 6.07) is 7.18. The van der Waals surface area contributed by atoms with Crippen LogP contribution in [0.2, 0.25) is 0 Å². The minimum absolute atomic E-state index is 0.0905. The van der Waals surface area contributed by atoms with Gasteiger partial charge in [-0.05, 0) is 19.1 Å². The number of aromatic amines is 1. The van der Waals surface area contributed by atoms with Crippen molar-refractivity contribution in [2.45, 2.75) is 13.0 Å². The Morgan fingerprint density at radius 3 is 2.83 bits per heavy atom. The lowest BCUT2D eigenvalue weighted by Crippen LogP contribution is -3.10. The number of H-pyrrole nitrogens is 1. The molecule has 1 aliphatic rings. The zero-order valence-electron chi connectivity index (χ0n) is 14.0. The molecule has 2 heterocycles. The normalized spacial score (nSPS) is 17.7. The first-order chi connectivity index (χ1) is 11.6. The lowest BCUT2D eigenvalue weighted by molar-refractivity contribution is -0.903. The molecular weight excluding hydrogens is 308 g/mol. The molecule has 0 saturated carbocycles. The third-order valence-corrected chi connectivity index (χ3v) is 4.57. The molecule has 0 radical (unpaired) electrons. The number of fused-ring (bicyclic) bond motifs is 1. The quantitative estimate of drug-likeness (QED) is 0.781. The summed E-state index contributed by atoms with van der Waals surface area (Å²) >= 11 is 0. The highest BCUT2D eigenvalue weighted by Crippen LogP contribution is 2.08. The van der Waals surface area contributed by atoms with E-state index in [0.717, 1.165) is 4.90 Å². The fraction of sp³-hybridized carbons (Fsp3) is 0.471. The van der Waals surface area contributed by atoms with Crippen molar-refractivity contribution < 1.29 is 14.4 Å². The smallest absolute Gasteiger partial charge is 0.277 e. The molecule has 1 fully saturated rings. The highest BCUT2D eigenvalue weighted by molar-refractivity contribution is 5.77. The zero-order chi connectivity index (χ0) is 17.1.